The monoisotopic (exact) mass is 299 g/mol. The Bertz CT molecular complexity index is 623. The van der Waals surface area contributed by atoms with Crippen molar-refractivity contribution in [1.29, 1.82) is 0 Å². The van der Waals surface area contributed by atoms with E-state index in [-0.39, 0.29) is 17.4 Å². The SMILES string of the molecule is CS(=O)(=O)c1cccc(OCC(N)(C(=O)O)C2CC2)c1. The third kappa shape index (κ3) is 3.10. The van der Waals surface area contributed by atoms with Gasteiger partial charge in [-0.2, -0.15) is 0 Å². The molecule has 0 saturated heterocycles. The van der Waals surface area contributed by atoms with Gasteiger partial charge in [-0.1, -0.05) is 6.07 Å². The van der Waals surface area contributed by atoms with Gasteiger partial charge < -0.3 is 15.6 Å². The molecule has 3 N–H and O–H groups in total. The van der Waals surface area contributed by atoms with Crippen molar-refractivity contribution in [2.75, 3.05) is 12.9 Å². The van der Waals surface area contributed by atoms with Gasteiger partial charge in [-0.25, -0.2) is 8.42 Å². The molecule has 110 valence electrons. The number of ether oxygens (including phenoxy) is 1. The minimum atomic E-state index is -3.33. The summed E-state index contributed by atoms with van der Waals surface area (Å²) in [6, 6.07) is 5.94. The first-order chi connectivity index (χ1) is 9.23. The van der Waals surface area contributed by atoms with Gasteiger partial charge in [-0.05, 0) is 37.0 Å². The molecule has 0 aliphatic heterocycles. The van der Waals surface area contributed by atoms with E-state index in [4.69, 9.17) is 10.5 Å². The van der Waals surface area contributed by atoms with E-state index in [2.05, 4.69) is 0 Å². The first-order valence-corrected chi connectivity index (χ1v) is 8.08. The molecule has 0 heterocycles. The first-order valence-electron chi connectivity index (χ1n) is 6.19. The van der Waals surface area contributed by atoms with Gasteiger partial charge in [0.1, 0.15) is 12.4 Å². The van der Waals surface area contributed by atoms with E-state index in [0.717, 1.165) is 19.1 Å². The maximum atomic E-state index is 11.4. The van der Waals surface area contributed by atoms with E-state index < -0.39 is 21.3 Å². The zero-order chi connectivity index (χ0) is 15.0. The van der Waals surface area contributed by atoms with Gasteiger partial charge >= 0.3 is 5.97 Å². The van der Waals surface area contributed by atoms with Crippen LogP contribution in [-0.2, 0) is 14.6 Å². The van der Waals surface area contributed by atoms with Crippen molar-refractivity contribution < 1.29 is 23.1 Å². The molecule has 1 atom stereocenters. The highest BCUT2D eigenvalue weighted by Gasteiger charge is 2.49. The zero-order valence-corrected chi connectivity index (χ0v) is 11.9. The topological polar surface area (TPSA) is 107 Å². The fourth-order valence-electron chi connectivity index (χ4n) is 1.95. The van der Waals surface area contributed by atoms with Crippen LogP contribution in [0.25, 0.3) is 0 Å². The summed E-state index contributed by atoms with van der Waals surface area (Å²) in [6.07, 6.45) is 2.64. The molecule has 0 aromatic heterocycles. The van der Waals surface area contributed by atoms with Crippen LogP contribution in [0.2, 0.25) is 0 Å². The molecule has 1 saturated carbocycles. The summed E-state index contributed by atoms with van der Waals surface area (Å²) >= 11 is 0. The van der Waals surface area contributed by atoms with Crippen LogP contribution in [0.15, 0.2) is 29.2 Å². The lowest BCUT2D eigenvalue weighted by molar-refractivity contribution is -0.145. The second-order valence-electron chi connectivity index (χ2n) is 5.16. The van der Waals surface area contributed by atoms with Crippen LogP contribution < -0.4 is 10.5 Å². The number of hydrogen-bond donors (Lipinski definition) is 2. The highest BCUT2D eigenvalue weighted by molar-refractivity contribution is 7.90. The van der Waals surface area contributed by atoms with Crippen LogP contribution in [0.5, 0.6) is 5.75 Å². The smallest absolute Gasteiger partial charge is 0.327 e. The molecule has 0 radical (unpaired) electrons. The lowest BCUT2D eigenvalue weighted by atomic mass is 9.96. The van der Waals surface area contributed by atoms with Crippen LogP contribution in [-0.4, -0.2) is 37.9 Å². The predicted molar refractivity (Wildman–Crippen MR) is 72.3 cm³/mol. The van der Waals surface area contributed by atoms with Crippen molar-refractivity contribution in [3.63, 3.8) is 0 Å². The van der Waals surface area contributed by atoms with Crippen LogP contribution in [0.1, 0.15) is 12.8 Å². The molecule has 1 unspecified atom stereocenters. The average molecular weight is 299 g/mol. The maximum absolute atomic E-state index is 11.4. The largest absolute Gasteiger partial charge is 0.491 e. The quantitative estimate of drug-likeness (QED) is 0.799. The summed E-state index contributed by atoms with van der Waals surface area (Å²) in [5.74, 6) is -0.887. The highest BCUT2D eigenvalue weighted by Crippen LogP contribution is 2.38. The van der Waals surface area contributed by atoms with Crippen molar-refractivity contribution in [3.8, 4) is 5.75 Å². The molecule has 6 nitrogen and oxygen atoms in total. The Kier molecular flexibility index (Phi) is 3.75. The van der Waals surface area contributed by atoms with E-state index in [1.165, 1.54) is 12.1 Å². The summed E-state index contributed by atoms with van der Waals surface area (Å²) in [4.78, 5) is 11.4. The maximum Gasteiger partial charge on any atom is 0.327 e. The van der Waals surface area contributed by atoms with Crippen molar-refractivity contribution in [3.05, 3.63) is 24.3 Å². The Hall–Kier alpha value is -1.60. The molecule has 1 aliphatic carbocycles. The number of benzene rings is 1. The number of rotatable bonds is 6. The van der Waals surface area contributed by atoms with Gasteiger partial charge in [0.25, 0.3) is 0 Å². The van der Waals surface area contributed by atoms with Crippen LogP contribution in [0.4, 0.5) is 0 Å². The molecule has 1 fully saturated rings. The van der Waals surface area contributed by atoms with Gasteiger partial charge in [0.15, 0.2) is 15.4 Å². The van der Waals surface area contributed by atoms with Crippen LogP contribution in [0.3, 0.4) is 0 Å². The first kappa shape index (κ1) is 14.8. The summed E-state index contributed by atoms with van der Waals surface area (Å²) < 4.78 is 28.3. The van der Waals surface area contributed by atoms with E-state index >= 15 is 0 Å². The fourth-order valence-corrected chi connectivity index (χ4v) is 2.61. The average Bonchev–Trinajstić information content (AvgIpc) is 3.19. The molecular formula is C13H17NO5S. The van der Waals surface area contributed by atoms with Gasteiger partial charge in [0.05, 0.1) is 4.90 Å². The molecule has 20 heavy (non-hydrogen) atoms. The number of carboxylic acids is 1. The highest BCUT2D eigenvalue weighted by atomic mass is 32.2. The second-order valence-corrected chi connectivity index (χ2v) is 7.17. The minimum absolute atomic E-state index is 0.0851. The fraction of sp³-hybridized carbons (Fsp3) is 0.462. The molecule has 1 aromatic rings. The molecule has 7 heteroatoms. The molecule has 2 rings (SSSR count). The molecule has 1 aromatic carbocycles. The third-order valence-electron chi connectivity index (χ3n) is 3.42. The zero-order valence-electron chi connectivity index (χ0n) is 11.1. The molecule has 1 aliphatic rings. The lowest BCUT2D eigenvalue weighted by Gasteiger charge is -2.24. The molecule has 0 spiro atoms. The van der Waals surface area contributed by atoms with E-state index in [1.54, 1.807) is 12.1 Å². The Labute approximate surface area is 117 Å². The third-order valence-corrected chi connectivity index (χ3v) is 4.53. The summed E-state index contributed by atoms with van der Waals surface area (Å²) in [6.45, 7) is -0.180. The van der Waals surface area contributed by atoms with E-state index in [9.17, 15) is 18.3 Å². The van der Waals surface area contributed by atoms with Crippen molar-refractivity contribution in [2.45, 2.75) is 23.3 Å². The normalized spacial score (nSPS) is 18.3. The number of aliphatic carboxylic acids is 1. The number of carbonyl (C=O) groups is 1. The van der Waals surface area contributed by atoms with Gasteiger partial charge in [0, 0.05) is 6.26 Å². The van der Waals surface area contributed by atoms with Gasteiger partial charge in [-0.3, -0.25) is 4.79 Å². The summed E-state index contributed by atoms with van der Waals surface area (Å²) in [5, 5.41) is 9.20. The van der Waals surface area contributed by atoms with Crippen LogP contribution >= 0.6 is 0 Å². The molecule has 0 amide bonds. The Morgan fingerprint density at radius 3 is 2.65 bits per heavy atom. The second kappa shape index (κ2) is 5.06. The molecular weight excluding hydrogens is 282 g/mol. The number of carboxylic acid groups (broad SMARTS) is 1. The lowest BCUT2D eigenvalue weighted by Crippen LogP contribution is -2.54. The van der Waals surface area contributed by atoms with E-state index in [0.29, 0.717) is 5.75 Å². The summed E-state index contributed by atoms with van der Waals surface area (Å²) in [7, 11) is -3.33. The van der Waals surface area contributed by atoms with Crippen molar-refractivity contribution in [1.82, 2.24) is 0 Å². The van der Waals surface area contributed by atoms with Crippen molar-refractivity contribution in [2.24, 2.45) is 11.7 Å². The van der Waals surface area contributed by atoms with Crippen LogP contribution in [0, 0.1) is 5.92 Å². The minimum Gasteiger partial charge on any atom is -0.491 e. The Morgan fingerprint density at radius 2 is 2.15 bits per heavy atom. The van der Waals surface area contributed by atoms with E-state index in [1.807, 2.05) is 0 Å². The van der Waals surface area contributed by atoms with Crippen molar-refractivity contribution >= 4 is 15.8 Å². The van der Waals surface area contributed by atoms with Gasteiger partial charge in [-0.15, -0.1) is 0 Å². The predicted octanol–water partition coefficient (Wildman–Crippen LogP) is 0.661. The Balaban J connectivity index is 2.13. The number of sulfone groups is 1. The standard InChI is InChI=1S/C13H17NO5S/c1-20(17,18)11-4-2-3-10(7-11)19-8-13(14,12(15)16)9-5-6-9/h2-4,7,9H,5-6,8,14H2,1H3,(H,15,16). The number of nitrogens with two attached hydrogens (primary N) is 1. The summed E-state index contributed by atoms with van der Waals surface area (Å²) in [5.41, 5.74) is 4.46. The number of hydrogen-bond acceptors (Lipinski definition) is 5. The van der Waals surface area contributed by atoms with Gasteiger partial charge in [0.2, 0.25) is 0 Å². The molecule has 0 bridgehead atoms. The Morgan fingerprint density at radius 1 is 1.50 bits per heavy atom.